The van der Waals surface area contributed by atoms with Crippen LogP contribution in [-0.2, 0) is 9.53 Å². The molecule has 0 atom stereocenters. The molecule has 1 aromatic heterocycles. The van der Waals surface area contributed by atoms with Crippen LogP contribution < -0.4 is 5.32 Å². The summed E-state index contributed by atoms with van der Waals surface area (Å²) in [5, 5.41) is 3.66. The number of nitrogens with one attached hydrogen (secondary N) is 2. The first-order chi connectivity index (χ1) is 9.20. The molecule has 2 aromatic rings. The van der Waals surface area contributed by atoms with Crippen LogP contribution in [0.5, 0.6) is 0 Å². The first-order valence-corrected chi connectivity index (χ1v) is 6.22. The number of benzene rings is 1. The zero-order chi connectivity index (χ0) is 13.7. The number of hydrogen-bond donors (Lipinski definition) is 2. The van der Waals surface area contributed by atoms with Crippen molar-refractivity contribution in [2.24, 2.45) is 0 Å². The van der Waals surface area contributed by atoms with Crippen molar-refractivity contribution in [2.45, 2.75) is 13.3 Å². The fourth-order valence-corrected chi connectivity index (χ4v) is 1.80. The number of aromatic amines is 1. The Kier molecular flexibility index (Phi) is 4.18. The number of fused-ring (bicyclic) bond motifs is 1. The number of para-hydroxylation sites is 1. The molecule has 19 heavy (non-hydrogen) atoms. The quantitative estimate of drug-likeness (QED) is 0.806. The molecule has 5 heteroatoms. The number of rotatable bonds is 5. The van der Waals surface area contributed by atoms with Gasteiger partial charge in [0, 0.05) is 17.4 Å². The molecule has 0 radical (unpaired) electrons. The molecule has 1 heterocycles. The molecule has 2 rings (SSSR count). The predicted octanol–water partition coefficient (Wildman–Crippen LogP) is 1.85. The van der Waals surface area contributed by atoms with Crippen molar-refractivity contribution in [3.63, 3.8) is 0 Å². The zero-order valence-corrected chi connectivity index (χ0v) is 10.7. The van der Waals surface area contributed by atoms with Gasteiger partial charge in [-0.3, -0.25) is 9.59 Å². The third-order valence-corrected chi connectivity index (χ3v) is 2.69. The maximum Gasteiger partial charge on any atom is 0.307 e. The molecule has 2 N–H and O–H groups in total. The molecule has 1 amide bonds. The van der Waals surface area contributed by atoms with E-state index < -0.39 is 0 Å². The van der Waals surface area contributed by atoms with E-state index in [0.717, 1.165) is 10.9 Å². The largest absolute Gasteiger partial charge is 0.466 e. The Morgan fingerprint density at radius 1 is 1.32 bits per heavy atom. The maximum absolute atomic E-state index is 11.9. The molecule has 100 valence electrons. The Bertz CT molecular complexity index is 556. The Hall–Kier alpha value is -2.30. The first kappa shape index (κ1) is 13.1. The Balaban J connectivity index is 1.91. The van der Waals surface area contributed by atoms with Crippen molar-refractivity contribution in [3.8, 4) is 0 Å². The maximum atomic E-state index is 11.9. The number of hydrogen-bond acceptors (Lipinski definition) is 3. The third-order valence-electron chi connectivity index (χ3n) is 2.69. The van der Waals surface area contributed by atoms with Crippen molar-refractivity contribution in [2.75, 3.05) is 13.2 Å². The van der Waals surface area contributed by atoms with Crippen LogP contribution in [0.2, 0.25) is 0 Å². The first-order valence-electron chi connectivity index (χ1n) is 6.22. The van der Waals surface area contributed by atoms with Gasteiger partial charge in [0.2, 0.25) is 0 Å². The number of ether oxygens (including phenoxy) is 1. The van der Waals surface area contributed by atoms with E-state index >= 15 is 0 Å². The summed E-state index contributed by atoms with van der Waals surface area (Å²) >= 11 is 0. The highest BCUT2D eigenvalue weighted by atomic mass is 16.5. The second kappa shape index (κ2) is 6.04. The molecule has 0 aliphatic heterocycles. The van der Waals surface area contributed by atoms with E-state index in [1.807, 2.05) is 24.3 Å². The van der Waals surface area contributed by atoms with Crippen molar-refractivity contribution in [1.29, 1.82) is 0 Å². The van der Waals surface area contributed by atoms with Gasteiger partial charge in [-0.25, -0.2) is 0 Å². The number of H-pyrrole nitrogens is 1. The standard InChI is InChI=1S/C14H16N2O3/c1-2-19-13(17)7-8-15-14(18)12-9-10-5-3-4-6-11(10)16-12/h3-6,9,16H,2,7-8H2,1H3,(H,15,18). The topological polar surface area (TPSA) is 71.2 Å². The fourth-order valence-electron chi connectivity index (χ4n) is 1.80. The van der Waals surface area contributed by atoms with Crippen LogP contribution in [0.25, 0.3) is 10.9 Å². The number of carbonyl (C=O) groups excluding carboxylic acids is 2. The average Bonchev–Trinajstić information content (AvgIpc) is 2.82. The van der Waals surface area contributed by atoms with Crippen molar-refractivity contribution in [1.82, 2.24) is 10.3 Å². The molecule has 0 aliphatic carbocycles. The van der Waals surface area contributed by atoms with Gasteiger partial charge in [-0.15, -0.1) is 0 Å². The number of amides is 1. The highest BCUT2D eigenvalue weighted by molar-refractivity contribution is 5.98. The summed E-state index contributed by atoms with van der Waals surface area (Å²) in [6.45, 7) is 2.38. The minimum absolute atomic E-state index is 0.180. The molecule has 0 unspecified atom stereocenters. The molecular weight excluding hydrogens is 244 g/mol. The van der Waals surface area contributed by atoms with Gasteiger partial charge < -0.3 is 15.0 Å². The predicted molar refractivity (Wildman–Crippen MR) is 71.9 cm³/mol. The van der Waals surface area contributed by atoms with E-state index in [-0.39, 0.29) is 24.8 Å². The minimum atomic E-state index is -0.306. The Labute approximate surface area is 110 Å². The van der Waals surface area contributed by atoms with Gasteiger partial charge in [0.15, 0.2) is 0 Å². The summed E-state index contributed by atoms with van der Waals surface area (Å²) in [5.41, 5.74) is 1.41. The van der Waals surface area contributed by atoms with Gasteiger partial charge in [0.05, 0.1) is 13.0 Å². The van der Waals surface area contributed by atoms with Gasteiger partial charge in [0.1, 0.15) is 5.69 Å². The molecular formula is C14H16N2O3. The van der Waals surface area contributed by atoms with Crippen LogP contribution in [0, 0.1) is 0 Å². The number of carbonyl (C=O) groups is 2. The lowest BCUT2D eigenvalue weighted by molar-refractivity contribution is -0.142. The average molecular weight is 260 g/mol. The molecule has 0 aliphatic rings. The van der Waals surface area contributed by atoms with Gasteiger partial charge in [-0.1, -0.05) is 18.2 Å². The fraction of sp³-hybridized carbons (Fsp3) is 0.286. The van der Waals surface area contributed by atoms with Crippen LogP contribution in [0.3, 0.4) is 0 Å². The summed E-state index contributed by atoms with van der Waals surface area (Å²) < 4.78 is 4.78. The highest BCUT2D eigenvalue weighted by Gasteiger charge is 2.09. The normalized spacial score (nSPS) is 10.4. The lowest BCUT2D eigenvalue weighted by atomic mass is 10.2. The van der Waals surface area contributed by atoms with Crippen LogP contribution >= 0.6 is 0 Å². The van der Waals surface area contributed by atoms with Crippen molar-refractivity contribution in [3.05, 3.63) is 36.0 Å². The second-order valence-electron chi connectivity index (χ2n) is 4.08. The SMILES string of the molecule is CCOC(=O)CCNC(=O)c1cc2ccccc2[nH]1. The van der Waals surface area contributed by atoms with E-state index in [2.05, 4.69) is 10.3 Å². The summed E-state index contributed by atoms with van der Waals surface area (Å²) in [5.74, 6) is -0.528. The van der Waals surface area contributed by atoms with Crippen LogP contribution in [0.1, 0.15) is 23.8 Å². The zero-order valence-electron chi connectivity index (χ0n) is 10.7. The van der Waals surface area contributed by atoms with E-state index in [1.165, 1.54) is 0 Å². The second-order valence-corrected chi connectivity index (χ2v) is 4.08. The summed E-state index contributed by atoms with van der Waals surface area (Å²) in [6, 6.07) is 9.45. The number of esters is 1. The van der Waals surface area contributed by atoms with E-state index in [9.17, 15) is 9.59 Å². The lowest BCUT2D eigenvalue weighted by Crippen LogP contribution is -2.26. The van der Waals surface area contributed by atoms with Crippen LogP contribution in [0.15, 0.2) is 30.3 Å². The minimum Gasteiger partial charge on any atom is -0.466 e. The van der Waals surface area contributed by atoms with Crippen molar-refractivity contribution >= 4 is 22.8 Å². The summed E-state index contributed by atoms with van der Waals surface area (Å²) in [6.07, 6.45) is 0.180. The van der Waals surface area contributed by atoms with Gasteiger partial charge in [0.25, 0.3) is 5.91 Å². The molecule has 0 spiro atoms. The molecule has 1 aromatic carbocycles. The van der Waals surface area contributed by atoms with E-state index in [1.54, 1.807) is 13.0 Å². The summed E-state index contributed by atoms with van der Waals surface area (Å²) in [7, 11) is 0. The lowest BCUT2D eigenvalue weighted by Gasteiger charge is -2.03. The van der Waals surface area contributed by atoms with Gasteiger partial charge >= 0.3 is 5.97 Å². The van der Waals surface area contributed by atoms with Crippen LogP contribution in [0.4, 0.5) is 0 Å². The van der Waals surface area contributed by atoms with Crippen molar-refractivity contribution < 1.29 is 14.3 Å². The molecule has 0 saturated heterocycles. The third kappa shape index (κ3) is 3.34. The highest BCUT2D eigenvalue weighted by Crippen LogP contribution is 2.14. The van der Waals surface area contributed by atoms with Crippen LogP contribution in [-0.4, -0.2) is 30.0 Å². The monoisotopic (exact) mass is 260 g/mol. The molecule has 0 fully saturated rings. The van der Waals surface area contributed by atoms with E-state index in [0.29, 0.717) is 12.3 Å². The van der Waals surface area contributed by atoms with E-state index in [4.69, 9.17) is 4.74 Å². The Morgan fingerprint density at radius 3 is 2.84 bits per heavy atom. The Morgan fingerprint density at radius 2 is 2.11 bits per heavy atom. The van der Waals surface area contributed by atoms with Gasteiger partial charge in [-0.05, 0) is 19.1 Å². The molecule has 0 bridgehead atoms. The molecule has 0 saturated carbocycles. The summed E-state index contributed by atoms with van der Waals surface area (Å²) in [4.78, 5) is 26.0. The smallest absolute Gasteiger partial charge is 0.307 e. The van der Waals surface area contributed by atoms with Gasteiger partial charge in [-0.2, -0.15) is 0 Å². The molecule has 5 nitrogen and oxygen atoms in total. The number of aromatic nitrogens is 1.